The second-order valence-electron chi connectivity index (χ2n) is 6.38. The van der Waals surface area contributed by atoms with E-state index in [0.29, 0.717) is 17.0 Å². The molecule has 0 aromatic heterocycles. The minimum atomic E-state index is -0.270. The molecular weight excluding hydrogens is 356 g/mol. The van der Waals surface area contributed by atoms with Crippen molar-refractivity contribution in [2.24, 2.45) is 0 Å². The molecule has 0 saturated carbocycles. The summed E-state index contributed by atoms with van der Waals surface area (Å²) in [4.78, 5) is 26.5. The molecule has 2 aromatic rings. The molecule has 0 aliphatic carbocycles. The molecule has 6 nitrogen and oxygen atoms in total. The molecule has 2 amide bonds. The largest absolute Gasteiger partial charge is 0.497 e. The summed E-state index contributed by atoms with van der Waals surface area (Å²) >= 11 is 0. The molecule has 2 aromatic carbocycles. The zero-order valence-corrected chi connectivity index (χ0v) is 16.7. The number of benzene rings is 2. The number of carbonyl (C=O) groups is 2. The molecule has 1 N–H and O–H groups in total. The quantitative estimate of drug-likeness (QED) is 0.673. The fourth-order valence-electron chi connectivity index (χ4n) is 2.75. The number of anilines is 1. The first-order valence-corrected chi connectivity index (χ1v) is 9.53. The van der Waals surface area contributed by atoms with Crippen LogP contribution in [0.4, 0.5) is 5.69 Å². The van der Waals surface area contributed by atoms with E-state index in [0.717, 1.165) is 31.7 Å². The van der Waals surface area contributed by atoms with Crippen LogP contribution in [0.15, 0.2) is 48.5 Å². The van der Waals surface area contributed by atoms with Crippen LogP contribution in [-0.4, -0.2) is 43.5 Å². The van der Waals surface area contributed by atoms with E-state index in [4.69, 9.17) is 9.47 Å². The second-order valence-corrected chi connectivity index (χ2v) is 6.38. The highest BCUT2D eigenvalue weighted by Crippen LogP contribution is 2.17. The van der Waals surface area contributed by atoms with Gasteiger partial charge in [-0.1, -0.05) is 13.8 Å². The molecule has 150 valence electrons. The number of methoxy groups -OCH3 is 1. The summed E-state index contributed by atoms with van der Waals surface area (Å²) in [6.07, 6.45) is 1.85. The Bertz CT molecular complexity index is 751. The average molecular weight is 384 g/mol. The lowest BCUT2D eigenvalue weighted by atomic mass is 10.1. The van der Waals surface area contributed by atoms with Gasteiger partial charge in [0.15, 0.2) is 6.61 Å². The van der Waals surface area contributed by atoms with Crippen LogP contribution in [0, 0.1) is 0 Å². The van der Waals surface area contributed by atoms with Crippen LogP contribution in [0.3, 0.4) is 0 Å². The maximum absolute atomic E-state index is 12.6. The highest BCUT2D eigenvalue weighted by Gasteiger charge is 2.14. The van der Waals surface area contributed by atoms with Crippen molar-refractivity contribution >= 4 is 17.5 Å². The molecule has 0 heterocycles. The summed E-state index contributed by atoms with van der Waals surface area (Å²) < 4.78 is 10.5. The van der Waals surface area contributed by atoms with Crippen molar-refractivity contribution in [1.29, 1.82) is 0 Å². The Morgan fingerprint density at radius 1 is 0.893 bits per heavy atom. The van der Waals surface area contributed by atoms with E-state index in [9.17, 15) is 9.59 Å². The lowest BCUT2D eigenvalue weighted by molar-refractivity contribution is -0.118. The Hall–Kier alpha value is -3.02. The SMILES string of the molecule is CCCN(CCC)C(=O)c1ccc(NC(=O)COc2ccc(OC)cc2)cc1. The lowest BCUT2D eigenvalue weighted by Gasteiger charge is -2.21. The van der Waals surface area contributed by atoms with Gasteiger partial charge in [-0.05, 0) is 61.4 Å². The van der Waals surface area contributed by atoms with Gasteiger partial charge in [-0.25, -0.2) is 0 Å². The second kappa shape index (κ2) is 11.0. The molecule has 0 atom stereocenters. The fraction of sp³-hybridized carbons (Fsp3) is 0.364. The number of nitrogens with one attached hydrogen (secondary N) is 1. The molecule has 0 aliphatic rings. The normalized spacial score (nSPS) is 10.2. The Kier molecular flexibility index (Phi) is 8.34. The molecule has 0 bridgehead atoms. The van der Waals surface area contributed by atoms with E-state index < -0.39 is 0 Å². The number of rotatable bonds is 10. The summed E-state index contributed by atoms with van der Waals surface area (Å²) in [6, 6.07) is 14.0. The van der Waals surface area contributed by atoms with Crippen molar-refractivity contribution in [3.05, 3.63) is 54.1 Å². The van der Waals surface area contributed by atoms with Gasteiger partial charge in [0, 0.05) is 24.3 Å². The monoisotopic (exact) mass is 384 g/mol. The first kappa shape index (κ1) is 21.3. The molecule has 0 spiro atoms. The van der Waals surface area contributed by atoms with Gasteiger partial charge in [-0.3, -0.25) is 9.59 Å². The van der Waals surface area contributed by atoms with Crippen LogP contribution in [-0.2, 0) is 4.79 Å². The summed E-state index contributed by atoms with van der Waals surface area (Å²) in [7, 11) is 1.59. The number of carbonyl (C=O) groups excluding carboxylic acids is 2. The zero-order chi connectivity index (χ0) is 20.4. The molecule has 6 heteroatoms. The van der Waals surface area contributed by atoms with Gasteiger partial charge in [-0.15, -0.1) is 0 Å². The van der Waals surface area contributed by atoms with Gasteiger partial charge in [0.05, 0.1) is 7.11 Å². The van der Waals surface area contributed by atoms with Gasteiger partial charge in [0.25, 0.3) is 11.8 Å². The number of hydrogen-bond acceptors (Lipinski definition) is 4. The average Bonchev–Trinajstić information content (AvgIpc) is 2.72. The molecule has 0 aliphatic heterocycles. The smallest absolute Gasteiger partial charge is 0.262 e. The molecule has 28 heavy (non-hydrogen) atoms. The van der Waals surface area contributed by atoms with Crippen molar-refractivity contribution in [2.75, 3.05) is 32.1 Å². The van der Waals surface area contributed by atoms with Crippen molar-refractivity contribution < 1.29 is 19.1 Å². The first-order chi connectivity index (χ1) is 13.6. The van der Waals surface area contributed by atoms with E-state index in [1.165, 1.54) is 0 Å². The molecule has 0 radical (unpaired) electrons. The standard InChI is InChI=1S/C22H28N2O4/c1-4-14-24(15-5-2)22(26)17-6-8-18(9-7-17)23-21(25)16-28-20-12-10-19(27-3)11-13-20/h6-13H,4-5,14-16H2,1-3H3,(H,23,25). The third-order valence-electron chi connectivity index (χ3n) is 4.12. The number of nitrogens with zero attached hydrogens (tertiary/aromatic N) is 1. The maximum atomic E-state index is 12.6. The first-order valence-electron chi connectivity index (χ1n) is 9.53. The van der Waals surface area contributed by atoms with E-state index in [-0.39, 0.29) is 18.4 Å². The summed E-state index contributed by atoms with van der Waals surface area (Å²) in [5.74, 6) is 1.06. The van der Waals surface area contributed by atoms with Gasteiger partial charge in [0.1, 0.15) is 11.5 Å². The molecule has 0 fully saturated rings. The van der Waals surface area contributed by atoms with Crippen molar-refractivity contribution in [1.82, 2.24) is 4.90 Å². The van der Waals surface area contributed by atoms with Crippen LogP contribution < -0.4 is 14.8 Å². The van der Waals surface area contributed by atoms with Gasteiger partial charge < -0.3 is 19.7 Å². The lowest BCUT2D eigenvalue weighted by Crippen LogP contribution is -2.32. The Morgan fingerprint density at radius 3 is 2.00 bits per heavy atom. The van der Waals surface area contributed by atoms with Crippen LogP contribution in [0.1, 0.15) is 37.0 Å². The van der Waals surface area contributed by atoms with E-state index >= 15 is 0 Å². The van der Waals surface area contributed by atoms with Crippen molar-refractivity contribution in [3.8, 4) is 11.5 Å². The van der Waals surface area contributed by atoms with E-state index in [2.05, 4.69) is 19.2 Å². The van der Waals surface area contributed by atoms with Gasteiger partial charge in [0.2, 0.25) is 0 Å². The van der Waals surface area contributed by atoms with Crippen molar-refractivity contribution in [2.45, 2.75) is 26.7 Å². The highest BCUT2D eigenvalue weighted by molar-refractivity contribution is 5.96. The topological polar surface area (TPSA) is 67.9 Å². The zero-order valence-electron chi connectivity index (χ0n) is 16.7. The molecule has 0 unspecified atom stereocenters. The van der Waals surface area contributed by atoms with Crippen LogP contribution in [0.25, 0.3) is 0 Å². The third-order valence-corrected chi connectivity index (χ3v) is 4.12. The number of amides is 2. The molecular formula is C22H28N2O4. The summed E-state index contributed by atoms with van der Waals surface area (Å²) in [5, 5.41) is 2.77. The Morgan fingerprint density at radius 2 is 1.46 bits per heavy atom. The highest BCUT2D eigenvalue weighted by atomic mass is 16.5. The summed E-state index contributed by atoms with van der Waals surface area (Å²) in [6.45, 7) is 5.50. The molecule has 0 saturated heterocycles. The maximum Gasteiger partial charge on any atom is 0.262 e. The van der Waals surface area contributed by atoms with Crippen LogP contribution in [0.5, 0.6) is 11.5 Å². The number of hydrogen-bond donors (Lipinski definition) is 1. The fourth-order valence-corrected chi connectivity index (χ4v) is 2.75. The molecule has 2 rings (SSSR count). The van der Waals surface area contributed by atoms with E-state index in [1.807, 2.05) is 4.90 Å². The predicted molar refractivity (Wildman–Crippen MR) is 110 cm³/mol. The minimum Gasteiger partial charge on any atom is -0.497 e. The predicted octanol–water partition coefficient (Wildman–Crippen LogP) is 3.97. The van der Waals surface area contributed by atoms with Crippen molar-refractivity contribution in [3.63, 3.8) is 0 Å². The van der Waals surface area contributed by atoms with Gasteiger partial charge in [-0.2, -0.15) is 0 Å². The Labute approximate surface area is 166 Å². The van der Waals surface area contributed by atoms with Crippen LogP contribution >= 0.6 is 0 Å². The van der Waals surface area contributed by atoms with E-state index in [1.54, 1.807) is 55.6 Å². The minimum absolute atomic E-state index is 0.0180. The Balaban J connectivity index is 1.88. The summed E-state index contributed by atoms with van der Waals surface area (Å²) in [5.41, 5.74) is 1.24. The van der Waals surface area contributed by atoms with Gasteiger partial charge >= 0.3 is 0 Å². The number of ether oxygens (including phenoxy) is 2. The van der Waals surface area contributed by atoms with Crippen LogP contribution in [0.2, 0.25) is 0 Å². The third kappa shape index (κ3) is 6.30.